The third kappa shape index (κ3) is 9.33. The summed E-state index contributed by atoms with van der Waals surface area (Å²) in [7, 11) is 0. The van der Waals surface area contributed by atoms with Crippen LogP contribution in [0.15, 0.2) is 53.5 Å². The van der Waals surface area contributed by atoms with Crippen molar-refractivity contribution in [2.24, 2.45) is 11.8 Å². The van der Waals surface area contributed by atoms with Crippen LogP contribution in [0.4, 0.5) is 0 Å². The van der Waals surface area contributed by atoms with Crippen LogP contribution in [0.5, 0.6) is 5.75 Å². The zero-order valence-electron chi connectivity index (χ0n) is 19.1. The molecule has 1 aliphatic heterocycles. The van der Waals surface area contributed by atoms with E-state index >= 15 is 0 Å². The Labute approximate surface area is 193 Å². The van der Waals surface area contributed by atoms with E-state index in [1.165, 1.54) is 0 Å². The first kappa shape index (κ1) is 25.9. The zero-order chi connectivity index (χ0) is 24.2. The van der Waals surface area contributed by atoms with Crippen LogP contribution in [0.1, 0.15) is 37.8 Å². The zero-order valence-corrected chi connectivity index (χ0v) is 19.1. The highest BCUT2D eigenvalue weighted by Crippen LogP contribution is 2.24. The van der Waals surface area contributed by atoms with Crippen molar-refractivity contribution in [2.75, 3.05) is 19.7 Å². The number of allylic oxidation sites excluding steroid dienone is 1. The number of carboxylic acids is 2. The van der Waals surface area contributed by atoms with E-state index < -0.39 is 11.9 Å². The third-order valence-electron chi connectivity index (χ3n) is 5.15. The number of benzene rings is 1. The van der Waals surface area contributed by atoms with Crippen molar-refractivity contribution in [3.63, 3.8) is 0 Å². The van der Waals surface area contributed by atoms with Crippen molar-refractivity contribution >= 4 is 18.0 Å². The lowest BCUT2D eigenvalue weighted by Gasteiger charge is -2.30. The molecule has 0 unspecified atom stereocenters. The fourth-order valence-corrected chi connectivity index (χ4v) is 3.37. The smallest absolute Gasteiger partial charge is 0.414 e. The molecule has 1 aliphatic rings. The average molecular weight is 457 g/mol. The summed E-state index contributed by atoms with van der Waals surface area (Å²) in [6.07, 6.45) is 8.46. The number of piperidine rings is 1. The number of likely N-dealkylation sites (tertiary alicyclic amines) is 1. The molecule has 3 rings (SSSR count). The summed E-state index contributed by atoms with van der Waals surface area (Å²) in [6.45, 7) is 7.84. The molecule has 8 heteroatoms. The van der Waals surface area contributed by atoms with E-state index in [4.69, 9.17) is 24.5 Å². The minimum atomic E-state index is -1.82. The normalized spacial score (nSPS) is 14.6. The number of para-hydroxylation sites is 1. The van der Waals surface area contributed by atoms with Gasteiger partial charge >= 0.3 is 11.9 Å². The van der Waals surface area contributed by atoms with Crippen LogP contribution in [-0.2, 0) is 16.1 Å². The maximum atomic E-state index is 11.8. The number of aromatic nitrogens is 1. The molecule has 1 fully saturated rings. The predicted octanol–water partition coefficient (Wildman–Crippen LogP) is 3.49. The number of H-pyrrole nitrogens is 1. The second-order valence-electron chi connectivity index (χ2n) is 8.35. The van der Waals surface area contributed by atoms with Crippen LogP contribution in [0, 0.1) is 11.8 Å². The number of aliphatic carboxylic acids is 2. The first-order valence-electron chi connectivity index (χ1n) is 11.0. The lowest BCUT2D eigenvalue weighted by Crippen LogP contribution is -2.34. The first-order valence-corrected chi connectivity index (χ1v) is 11.0. The largest absolute Gasteiger partial charge is 0.493 e. The summed E-state index contributed by atoms with van der Waals surface area (Å²) < 4.78 is 5.94. The van der Waals surface area contributed by atoms with Gasteiger partial charge < -0.3 is 19.9 Å². The Morgan fingerprint density at radius 2 is 1.79 bits per heavy atom. The molecular weight excluding hydrogens is 424 g/mol. The van der Waals surface area contributed by atoms with Crippen molar-refractivity contribution in [3.05, 3.63) is 70.2 Å². The SMILES string of the molecule is CC(C)COc1ccccc1/C=C/C1CCN(Cc2ccc[nH]c2=O)CC1.O=C(O)C(=O)O. The molecule has 1 saturated heterocycles. The molecule has 2 heterocycles. The minimum Gasteiger partial charge on any atom is -0.493 e. The summed E-state index contributed by atoms with van der Waals surface area (Å²) in [5.74, 6) is -1.59. The lowest BCUT2D eigenvalue weighted by atomic mass is 9.95. The standard InChI is InChI=1S/C23H30N2O2.C2H2O4/c1-18(2)17-27-22-8-4-3-6-20(22)10-9-19-11-14-25(15-12-19)16-21-7-5-13-24-23(21)26;3-1(4)2(5)6/h3-10,13,18-19H,11-12,14-17H2,1-2H3,(H,24,26);(H,3,4)(H,5,6)/b10-9+;. The summed E-state index contributed by atoms with van der Waals surface area (Å²) in [6, 6.07) is 12.0. The fraction of sp³-hybridized carbons (Fsp3) is 0.400. The molecule has 0 spiro atoms. The summed E-state index contributed by atoms with van der Waals surface area (Å²) >= 11 is 0. The van der Waals surface area contributed by atoms with E-state index in [0.29, 0.717) is 11.8 Å². The van der Waals surface area contributed by atoms with Crippen LogP contribution in [0.2, 0.25) is 0 Å². The highest BCUT2D eigenvalue weighted by Gasteiger charge is 2.18. The molecule has 0 amide bonds. The number of carbonyl (C=O) groups is 2. The van der Waals surface area contributed by atoms with Gasteiger partial charge in [0.1, 0.15) is 5.75 Å². The highest BCUT2D eigenvalue weighted by molar-refractivity contribution is 6.27. The lowest BCUT2D eigenvalue weighted by molar-refractivity contribution is -0.159. The van der Waals surface area contributed by atoms with Crippen LogP contribution < -0.4 is 10.3 Å². The van der Waals surface area contributed by atoms with Gasteiger partial charge in [-0.3, -0.25) is 9.69 Å². The molecule has 0 atom stereocenters. The van der Waals surface area contributed by atoms with Gasteiger partial charge in [-0.15, -0.1) is 0 Å². The molecule has 2 aromatic rings. The second-order valence-corrected chi connectivity index (χ2v) is 8.35. The molecule has 33 heavy (non-hydrogen) atoms. The van der Waals surface area contributed by atoms with E-state index in [1.54, 1.807) is 6.20 Å². The molecule has 0 aliphatic carbocycles. The number of carboxylic acid groups (broad SMARTS) is 2. The number of aromatic amines is 1. The van der Waals surface area contributed by atoms with Gasteiger partial charge in [-0.05, 0) is 49.9 Å². The Morgan fingerprint density at radius 3 is 2.39 bits per heavy atom. The van der Waals surface area contributed by atoms with Gasteiger partial charge in [-0.1, -0.05) is 50.3 Å². The quantitative estimate of drug-likeness (QED) is 0.546. The fourth-order valence-electron chi connectivity index (χ4n) is 3.37. The van der Waals surface area contributed by atoms with Gasteiger partial charge in [0.15, 0.2) is 0 Å². The molecule has 0 radical (unpaired) electrons. The second kappa shape index (κ2) is 13.2. The van der Waals surface area contributed by atoms with Gasteiger partial charge in [0.25, 0.3) is 5.56 Å². The highest BCUT2D eigenvalue weighted by atomic mass is 16.5. The number of rotatable bonds is 7. The monoisotopic (exact) mass is 456 g/mol. The van der Waals surface area contributed by atoms with E-state index in [0.717, 1.165) is 56.0 Å². The van der Waals surface area contributed by atoms with E-state index in [1.807, 2.05) is 24.3 Å². The van der Waals surface area contributed by atoms with Crippen molar-refractivity contribution in [1.82, 2.24) is 9.88 Å². The Morgan fingerprint density at radius 1 is 1.12 bits per heavy atom. The number of hydrogen-bond acceptors (Lipinski definition) is 5. The number of ether oxygens (including phenoxy) is 1. The number of hydrogen-bond donors (Lipinski definition) is 3. The average Bonchev–Trinajstić information content (AvgIpc) is 2.79. The Balaban J connectivity index is 0.000000569. The van der Waals surface area contributed by atoms with Crippen LogP contribution in [0.25, 0.3) is 6.08 Å². The van der Waals surface area contributed by atoms with Crippen molar-refractivity contribution in [2.45, 2.75) is 33.2 Å². The van der Waals surface area contributed by atoms with Crippen molar-refractivity contribution in [3.8, 4) is 5.75 Å². The van der Waals surface area contributed by atoms with Crippen LogP contribution >= 0.6 is 0 Å². The number of nitrogens with zero attached hydrogens (tertiary/aromatic N) is 1. The summed E-state index contributed by atoms with van der Waals surface area (Å²) in [5, 5.41) is 14.8. The Kier molecular flexibility index (Phi) is 10.4. The van der Waals surface area contributed by atoms with Gasteiger partial charge in [0.05, 0.1) is 6.61 Å². The first-order chi connectivity index (χ1) is 15.8. The molecule has 0 saturated carbocycles. The summed E-state index contributed by atoms with van der Waals surface area (Å²) in [4.78, 5) is 35.2. The molecule has 1 aromatic heterocycles. The van der Waals surface area contributed by atoms with Gasteiger partial charge in [-0.2, -0.15) is 0 Å². The topological polar surface area (TPSA) is 120 Å². The third-order valence-corrected chi connectivity index (χ3v) is 5.15. The van der Waals surface area contributed by atoms with Gasteiger partial charge in [0, 0.05) is 23.9 Å². The van der Waals surface area contributed by atoms with Crippen molar-refractivity contribution < 1.29 is 24.5 Å². The van der Waals surface area contributed by atoms with E-state index in [9.17, 15) is 4.79 Å². The summed E-state index contributed by atoms with van der Waals surface area (Å²) in [5.41, 5.74) is 2.02. The van der Waals surface area contributed by atoms with E-state index in [-0.39, 0.29) is 5.56 Å². The molecule has 1 aromatic carbocycles. The number of pyridine rings is 1. The Bertz CT molecular complexity index is 978. The Hall–Kier alpha value is -3.39. The molecule has 178 valence electrons. The minimum absolute atomic E-state index is 0.0255. The van der Waals surface area contributed by atoms with Gasteiger partial charge in [0.2, 0.25) is 0 Å². The maximum absolute atomic E-state index is 11.8. The predicted molar refractivity (Wildman–Crippen MR) is 126 cm³/mol. The molecular formula is C25H32N2O6. The number of nitrogens with one attached hydrogen (secondary N) is 1. The maximum Gasteiger partial charge on any atom is 0.414 e. The molecule has 3 N–H and O–H groups in total. The van der Waals surface area contributed by atoms with E-state index in [2.05, 4.69) is 48.0 Å². The molecule has 8 nitrogen and oxygen atoms in total. The van der Waals surface area contributed by atoms with Crippen molar-refractivity contribution in [1.29, 1.82) is 0 Å². The van der Waals surface area contributed by atoms with Crippen LogP contribution in [0.3, 0.4) is 0 Å². The van der Waals surface area contributed by atoms with Crippen LogP contribution in [-0.4, -0.2) is 51.7 Å². The van der Waals surface area contributed by atoms with Gasteiger partial charge in [-0.25, -0.2) is 9.59 Å². The molecule has 0 bridgehead atoms.